The summed E-state index contributed by atoms with van der Waals surface area (Å²) in [4.78, 5) is 11.8. The van der Waals surface area contributed by atoms with Crippen molar-refractivity contribution in [1.29, 1.82) is 0 Å². The van der Waals surface area contributed by atoms with E-state index >= 15 is 0 Å². The van der Waals surface area contributed by atoms with Crippen LogP contribution in [0.4, 0.5) is 0 Å². The van der Waals surface area contributed by atoms with E-state index in [-0.39, 0.29) is 12.5 Å². The van der Waals surface area contributed by atoms with Crippen molar-refractivity contribution in [3.63, 3.8) is 0 Å². The highest BCUT2D eigenvalue weighted by Gasteiger charge is 2.04. The first kappa shape index (κ1) is 16.7. The van der Waals surface area contributed by atoms with Crippen molar-refractivity contribution in [2.45, 2.75) is 27.7 Å². The molecular formula is C19H22N2O2. The van der Waals surface area contributed by atoms with Gasteiger partial charge in [0.15, 0.2) is 6.61 Å². The molecule has 0 heterocycles. The summed E-state index contributed by atoms with van der Waals surface area (Å²) in [6.45, 7) is 7.82. The Morgan fingerprint density at radius 2 is 1.61 bits per heavy atom. The van der Waals surface area contributed by atoms with Crippen LogP contribution in [-0.2, 0) is 4.79 Å². The van der Waals surface area contributed by atoms with Crippen molar-refractivity contribution in [3.8, 4) is 5.75 Å². The molecule has 120 valence electrons. The third kappa shape index (κ3) is 5.25. The third-order valence-electron chi connectivity index (χ3n) is 3.38. The smallest absolute Gasteiger partial charge is 0.277 e. The fourth-order valence-corrected chi connectivity index (χ4v) is 2.20. The molecule has 0 atom stereocenters. The summed E-state index contributed by atoms with van der Waals surface area (Å²) < 4.78 is 5.50. The number of ether oxygens (including phenoxy) is 1. The second kappa shape index (κ2) is 7.58. The van der Waals surface area contributed by atoms with E-state index in [4.69, 9.17) is 4.74 Å². The number of carbonyl (C=O) groups excluding carboxylic acids is 1. The number of nitrogens with one attached hydrogen (secondary N) is 1. The molecular weight excluding hydrogens is 288 g/mol. The topological polar surface area (TPSA) is 50.7 Å². The summed E-state index contributed by atoms with van der Waals surface area (Å²) in [7, 11) is 0. The van der Waals surface area contributed by atoms with Crippen LogP contribution in [0, 0.1) is 20.8 Å². The van der Waals surface area contributed by atoms with Crippen LogP contribution < -0.4 is 10.2 Å². The Bertz CT molecular complexity index is 698. The average Bonchev–Trinajstić information content (AvgIpc) is 2.50. The molecule has 1 N–H and O–H groups in total. The Morgan fingerprint density at radius 1 is 1.00 bits per heavy atom. The summed E-state index contributed by atoms with van der Waals surface area (Å²) in [5.41, 5.74) is 7.65. The number of benzene rings is 2. The predicted molar refractivity (Wildman–Crippen MR) is 92.9 cm³/mol. The van der Waals surface area contributed by atoms with Gasteiger partial charge in [0.25, 0.3) is 5.91 Å². The van der Waals surface area contributed by atoms with Crippen LogP contribution >= 0.6 is 0 Å². The van der Waals surface area contributed by atoms with E-state index in [0.29, 0.717) is 5.75 Å². The largest absolute Gasteiger partial charge is 0.484 e. The highest BCUT2D eigenvalue weighted by molar-refractivity contribution is 5.99. The minimum absolute atomic E-state index is 0.0619. The normalized spacial score (nSPS) is 11.2. The van der Waals surface area contributed by atoms with Gasteiger partial charge in [-0.2, -0.15) is 5.10 Å². The summed E-state index contributed by atoms with van der Waals surface area (Å²) in [6, 6.07) is 13.8. The highest BCUT2D eigenvalue weighted by atomic mass is 16.5. The molecule has 0 saturated carbocycles. The van der Waals surface area contributed by atoms with Gasteiger partial charge >= 0.3 is 0 Å². The van der Waals surface area contributed by atoms with Gasteiger partial charge < -0.3 is 4.74 Å². The molecule has 1 amide bonds. The Kier molecular flexibility index (Phi) is 5.52. The van der Waals surface area contributed by atoms with Crippen LogP contribution in [0.5, 0.6) is 5.75 Å². The van der Waals surface area contributed by atoms with E-state index in [1.165, 1.54) is 5.56 Å². The van der Waals surface area contributed by atoms with Gasteiger partial charge in [0, 0.05) is 0 Å². The molecule has 2 aromatic rings. The Morgan fingerprint density at radius 3 is 2.22 bits per heavy atom. The maximum absolute atomic E-state index is 11.8. The first-order valence-electron chi connectivity index (χ1n) is 7.55. The van der Waals surface area contributed by atoms with E-state index < -0.39 is 0 Å². The minimum atomic E-state index is -0.282. The zero-order valence-corrected chi connectivity index (χ0v) is 14.0. The van der Waals surface area contributed by atoms with Crippen LogP contribution in [0.3, 0.4) is 0 Å². The van der Waals surface area contributed by atoms with Crippen molar-refractivity contribution in [1.82, 2.24) is 5.43 Å². The molecule has 2 aromatic carbocycles. The lowest BCUT2D eigenvalue weighted by Crippen LogP contribution is -2.25. The van der Waals surface area contributed by atoms with E-state index in [2.05, 4.69) is 16.6 Å². The van der Waals surface area contributed by atoms with Crippen LogP contribution in [-0.4, -0.2) is 18.2 Å². The van der Waals surface area contributed by atoms with Gasteiger partial charge in [0.2, 0.25) is 0 Å². The van der Waals surface area contributed by atoms with Crippen LogP contribution in [0.25, 0.3) is 0 Å². The van der Waals surface area contributed by atoms with Gasteiger partial charge in [-0.15, -0.1) is 0 Å². The highest BCUT2D eigenvalue weighted by Crippen LogP contribution is 2.15. The maximum atomic E-state index is 11.8. The molecule has 0 bridgehead atoms. The van der Waals surface area contributed by atoms with Crippen molar-refractivity contribution in [3.05, 3.63) is 64.7 Å². The van der Waals surface area contributed by atoms with Crippen molar-refractivity contribution >= 4 is 11.6 Å². The minimum Gasteiger partial charge on any atom is -0.484 e. The lowest BCUT2D eigenvalue weighted by molar-refractivity contribution is -0.123. The zero-order chi connectivity index (χ0) is 16.8. The summed E-state index contributed by atoms with van der Waals surface area (Å²) in [5, 5.41) is 4.11. The molecule has 2 rings (SSSR count). The molecule has 0 radical (unpaired) electrons. The number of nitrogens with zero attached hydrogens (tertiary/aromatic N) is 1. The molecule has 0 unspecified atom stereocenters. The molecule has 0 aromatic heterocycles. The third-order valence-corrected chi connectivity index (χ3v) is 3.38. The van der Waals surface area contributed by atoms with Gasteiger partial charge in [-0.25, -0.2) is 5.43 Å². The SMILES string of the molecule is CC(=NNC(=O)COc1cc(C)cc(C)c1)c1ccc(C)cc1. The Balaban J connectivity index is 1.89. The summed E-state index contributed by atoms with van der Waals surface area (Å²) in [5.74, 6) is 0.410. The number of rotatable bonds is 5. The number of aryl methyl sites for hydroxylation is 3. The fraction of sp³-hybridized carbons (Fsp3) is 0.263. The monoisotopic (exact) mass is 310 g/mol. The van der Waals surface area contributed by atoms with Crippen LogP contribution in [0.15, 0.2) is 47.6 Å². The Labute approximate surface area is 137 Å². The molecule has 0 spiro atoms. The standard InChI is InChI=1S/C19H22N2O2/c1-13-5-7-17(8-6-13)16(4)20-21-19(22)12-23-18-10-14(2)9-15(3)11-18/h5-11H,12H2,1-4H3,(H,21,22). The van der Waals surface area contributed by atoms with E-state index in [1.807, 2.05) is 64.1 Å². The summed E-state index contributed by atoms with van der Waals surface area (Å²) in [6.07, 6.45) is 0. The fourth-order valence-electron chi connectivity index (χ4n) is 2.20. The number of hydrogen-bond donors (Lipinski definition) is 1. The van der Waals surface area contributed by atoms with Gasteiger partial charge in [0.1, 0.15) is 5.75 Å². The lowest BCUT2D eigenvalue weighted by atomic mass is 10.1. The maximum Gasteiger partial charge on any atom is 0.277 e. The zero-order valence-electron chi connectivity index (χ0n) is 14.0. The van der Waals surface area contributed by atoms with E-state index in [9.17, 15) is 4.79 Å². The molecule has 0 fully saturated rings. The molecule has 23 heavy (non-hydrogen) atoms. The average molecular weight is 310 g/mol. The lowest BCUT2D eigenvalue weighted by Gasteiger charge is -2.08. The molecule has 4 heteroatoms. The van der Waals surface area contributed by atoms with Gasteiger partial charge in [-0.3, -0.25) is 4.79 Å². The number of amides is 1. The van der Waals surface area contributed by atoms with Crippen molar-refractivity contribution in [2.75, 3.05) is 6.61 Å². The molecule has 4 nitrogen and oxygen atoms in total. The van der Waals surface area contributed by atoms with E-state index in [1.54, 1.807) is 0 Å². The van der Waals surface area contributed by atoms with E-state index in [0.717, 1.165) is 22.4 Å². The Hall–Kier alpha value is -2.62. The first-order valence-corrected chi connectivity index (χ1v) is 7.55. The van der Waals surface area contributed by atoms with Gasteiger partial charge in [0.05, 0.1) is 5.71 Å². The molecule has 0 aliphatic carbocycles. The second-order valence-corrected chi connectivity index (χ2v) is 5.71. The number of hydrazone groups is 1. The molecule has 0 aliphatic rings. The second-order valence-electron chi connectivity index (χ2n) is 5.71. The first-order chi connectivity index (χ1) is 10.9. The summed E-state index contributed by atoms with van der Waals surface area (Å²) >= 11 is 0. The number of carbonyl (C=O) groups is 1. The van der Waals surface area contributed by atoms with Gasteiger partial charge in [-0.05, 0) is 56.5 Å². The molecule has 0 saturated heterocycles. The van der Waals surface area contributed by atoms with Gasteiger partial charge in [-0.1, -0.05) is 35.9 Å². The van der Waals surface area contributed by atoms with Crippen molar-refractivity contribution < 1.29 is 9.53 Å². The predicted octanol–water partition coefficient (Wildman–Crippen LogP) is 3.53. The quantitative estimate of drug-likeness (QED) is 0.678. The van der Waals surface area contributed by atoms with Crippen molar-refractivity contribution in [2.24, 2.45) is 5.10 Å². The molecule has 0 aliphatic heterocycles. The number of hydrogen-bond acceptors (Lipinski definition) is 3. The van der Waals surface area contributed by atoms with Crippen LogP contribution in [0.1, 0.15) is 29.2 Å². The van der Waals surface area contributed by atoms with Crippen LogP contribution in [0.2, 0.25) is 0 Å².